The van der Waals surface area contributed by atoms with E-state index in [1.54, 1.807) is 31.4 Å². The van der Waals surface area contributed by atoms with Gasteiger partial charge < -0.3 is 14.8 Å². The van der Waals surface area contributed by atoms with Gasteiger partial charge in [-0.3, -0.25) is 4.79 Å². The van der Waals surface area contributed by atoms with Crippen molar-refractivity contribution < 1.29 is 19.1 Å². The number of ether oxygens (including phenoxy) is 2. The molecule has 1 amide bonds. The summed E-state index contributed by atoms with van der Waals surface area (Å²) < 4.78 is 11.8. The molecule has 0 aliphatic carbocycles. The SMILES string of the molecule is COC(=O)c1ccc(NC(=O)CCc2c(C)nn(-c3cccc(OC)c3)c2C)cc1. The Morgan fingerprint density at radius 2 is 1.80 bits per heavy atom. The van der Waals surface area contributed by atoms with E-state index in [0.717, 1.165) is 28.4 Å². The van der Waals surface area contributed by atoms with Gasteiger partial charge in [0.05, 0.1) is 31.2 Å². The second kappa shape index (κ2) is 9.26. The van der Waals surface area contributed by atoms with Crippen LogP contribution in [-0.4, -0.2) is 35.9 Å². The number of nitrogens with zero attached hydrogens (tertiary/aromatic N) is 2. The van der Waals surface area contributed by atoms with Crippen molar-refractivity contribution in [2.24, 2.45) is 0 Å². The number of hydrogen-bond donors (Lipinski definition) is 1. The number of nitrogens with one attached hydrogen (secondary N) is 1. The molecule has 0 radical (unpaired) electrons. The van der Waals surface area contributed by atoms with Crippen LogP contribution in [0.2, 0.25) is 0 Å². The maximum Gasteiger partial charge on any atom is 0.337 e. The fraction of sp³-hybridized carbons (Fsp3) is 0.261. The molecule has 0 atom stereocenters. The van der Waals surface area contributed by atoms with E-state index in [4.69, 9.17) is 4.74 Å². The molecular formula is C23H25N3O4. The molecule has 2 aromatic carbocycles. The molecule has 0 unspecified atom stereocenters. The number of esters is 1. The minimum atomic E-state index is -0.410. The van der Waals surface area contributed by atoms with E-state index in [9.17, 15) is 9.59 Å². The molecule has 7 heteroatoms. The smallest absolute Gasteiger partial charge is 0.337 e. The topological polar surface area (TPSA) is 82.5 Å². The van der Waals surface area contributed by atoms with E-state index in [0.29, 0.717) is 24.1 Å². The van der Waals surface area contributed by atoms with Gasteiger partial charge in [-0.15, -0.1) is 0 Å². The second-order valence-corrected chi connectivity index (χ2v) is 6.88. The molecule has 30 heavy (non-hydrogen) atoms. The lowest BCUT2D eigenvalue weighted by Gasteiger charge is -2.08. The van der Waals surface area contributed by atoms with Crippen molar-refractivity contribution in [1.29, 1.82) is 0 Å². The zero-order valence-corrected chi connectivity index (χ0v) is 17.6. The van der Waals surface area contributed by atoms with Crippen LogP contribution in [0.4, 0.5) is 5.69 Å². The Morgan fingerprint density at radius 3 is 2.47 bits per heavy atom. The average Bonchev–Trinajstić information content (AvgIpc) is 3.05. The molecule has 0 saturated heterocycles. The predicted octanol–water partition coefficient (Wildman–Crippen LogP) is 3.86. The first-order chi connectivity index (χ1) is 14.4. The summed E-state index contributed by atoms with van der Waals surface area (Å²) in [7, 11) is 2.96. The van der Waals surface area contributed by atoms with Crippen molar-refractivity contribution in [2.45, 2.75) is 26.7 Å². The molecule has 0 spiro atoms. The number of hydrogen-bond acceptors (Lipinski definition) is 5. The van der Waals surface area contributed by atoms with Gasteiger partial charge in [-0.05, 0) is 62.2 Å². The molecule has 0 aliphatic heterocycles. The fourth-order valence-electron chi connectivity index (χ4n) is 3.30. The molecule has 156 valence electrons. The summed E-state index contributed by atoms with van der Waals surface area (Å²) in [5.74, 6) is 0.250. The number of carbonyl (C=O) groups excluding carboxylic acids is 2. The summed E-state index contributed by atoms with van der Waals surface area (Å²) in [5.41, 5.74) is 4.92. The first kappa shape index (κ1) is 21.1. The number of aryl methyl sites for hydroxylation is 1. The highest BCUT2D eigenvalue weighted by atomic mass is 16.5. The van der Waals surface area contributed by atoms with E-state index in [-0.39, 0.29) is 5.91 Å². The van der Waals surface area contributed by atoms with Gasteiger partial charge in [0.15, 0.2) is 0 Å². The maximum absolute atomic E-state index is 12.4. The standard InChI is InChI=1S/C23H25N3O4/c1-15-21(16(2)26(25-15)19-6-5-7-20(14-19)29-3)12-13-22(27)24-18-10-8-17(9-11-18)23(28)30-4/h5-11,14H,12-13H2,1-4H3,(H,24,27). The van der Waals surface area contributed by atoms with E-state index < -0.39 is 5.97 Å². The lowest BCUT2D eigenvalue weighted by Crippen LogP contribution is -2.13. The molecule has 1 aromatic heterocycles. The first-order valence-electron chi connectivity index (χ1n) is 9.60. The van der Waals surface area contributed by atoms with Gasteiger partial charge in [-0.2, -0.15) is 5.10 Å². The summed E-state index contributed by atoms with van der Waals surface area (Å²) in [6.45, 7) is 3.95. The molecule has 0 saturated carbocycles. The molecule has 1 N–H and O–H groups in total. The van der Waals surface area contributed by atoms with Gasteiger partial charge in [-0.25, -0.2) is 9.48 Å². The second-order valence-electron chi connectivity index (χ2n) is 6.88. The minimum absolute atomic E-state index is 0.103. The molecule has 3 aromatic rings. The maximum atomic E-state index is 12.4. The normalized spacial score (nSPS) is 10.5. The number of methoxy groups -OCH3 is 2. The van der Waals surface area contributed by atoms with Gasteiger partial charge in [0, 0.05) is 23.9 Å². The van der Waals surface area contributed by atoms with Crippen molar-refractivity contribution in [3.05, 3.63) is 71.0 Å². The van der Waals surface area contributed by atoms with Crippen LogP contribution in [0.15, 0.2) is 48.5 Å². The van der Waals surface area contributed by atoms with Crippen LogP contribution in [0, 0.1) is 13.8 Å². The third kappa shape index (κ3) is 4.68. The van der Waals surface area contributed by atoms with Crippen LogP contribution in [0.5, 0.6) is 5.75 Å². The summed E-state index contributed by atoms with van der Waals surface area (Å²) in [6, 6.07) is 14.3. The van der Waals surface area contributed by atoms with Crippen LogP contribution in [0.25, 0.3) is 5.69 Å². The minimum Gasteiger partial charge on any atom is -0.497 e. The highest BCUT2D eigenvalue weighted by Crippen LogP contribution is 2.22. The highest BCUT2D eigenvalue weighted by molar-refractivity contribution is 5.93. The van der Waals surface area contributed by atoms with Gasteiger partial charge in [0.2, 0.25) is 5.91 Å². The van der Waals surface area contributed by atoms with Gasteiger partial charge >= 0.3 is 5.97 Å². The van der Waals surface area contributed by atoms with Gasteiger partial charge in [0.1, 0.15) is 5.75 Å². The van der Waals surface area contributed by atoms with Crippen molar-refractivity contribution in [1.82, 2.24) is 9.78 Å². The Morgan fingerprint density at radius 1 is 1.07 bits per heavy atom. The summed E-state index contributed by atoms with van der Waals surface area (Å²) in [6.07, 6.45) is 0.901. The summed E-state index contributed by atoms with van der Waals surface area (Å²) in [4.78, 5) is 23.9. The van der Waals surface area contributed by atoms with Crippen molar-refractivity contribution in [3.8, 4) is 11.4 Å². The van der Waals surface area contributed by atoms with E-state index in [1.807, 2.05) is 42.8 Å². The Labute approximate surface area is 175 Å². The number of aromatic nitrogens is 2. The molecule has 0 fully saturated rings. The Balaban J connectivity index is 1.66. The molecule has 3 rings (SSSR count). The van der Waals surface area contributed by atoms with Crippen molar-refractivity contribution >= 4 is 17.6 Å². The zero-order valence-electron chi connectivity index (χ0n) is 17.6. The van der Waals surface area contributed by atoms with Gasteiger partial charge in [-0.1, -0.05) is 6.07 Å². The number of anilines is 1. The van der Waals surface area contributed by atoms with E-state index >= 15 is 0 Å². The highest BCUT2D eigenvalue weighted by Gasteiger charge is 2.15. The fourth-order valence-corrected chi connectivity index (χ4v) is 3.30. The molecule has 0 bridgehead atoms. The van der Waals surface area contributed by atoms with Crippen molar-refractivity contribution in [3.63, 3.8) is 0 Å². The molecular weight excluding hydrogens is 382 g/mol. The lowest BCUT2D eigenvalue weighted by atomic mass is 10.1. The van der Waals surface area contributed by atoms with Crippen molar-refractivity contribution in [2.75, 3.05) is 19.5 Å². The number of carbonyl (C=O) groups is 2. The van der Waals surface area contributed by atoms with E-state index in [2.05, 4.69) is 15.2 Å². The Hall–Kier alpha value is -3.61. The van der Waals surface area contributed by atoms with Crippen LogP contribution >= 0.6 is 0 Å². The predicted molar refractivity (Wildman–Crippen MR) is 114 cm³/mol. The van der Waals surface area contributed by atoms with Crippen LogP contribution in [-0.2, 0) is 16.0 Å². The number of rotatable bonds is 7. The quantitative estimate of drug-likeness (QED) is 0.602. The molecule has 1 heterocycles. The lowest BCUT2D eigenvalue weighted by molar-refractivity contribution is -0.116. The molecule has 0 aliphatic rings. The Bertz CT molecular complexity index is 1050. The van der Waals surface area contributed by atoms with Crippen LogP contribution < -0.4 is 10.1 Å². The summed E-state index contributed by atoms with van der Waals surface area (Å²) >= 11 is 0. The van der Waals surface area contributed by atoms with Gasteiger partial charge in [0.25, 0.3) is 0 Å². The third-order valence-electron chi connectivity index (χ3n) is 4.93. The van der Waals surface area contributed by atoms with Crippen LogP contribution in [0.3, 0.4) is 0 Å². The number of benzene rings is 2. The summed E-state index contributed by atoms with van der Waals surface area (Å²) in [5, 5.41) is 7.49. The van der Waals surface area contributed by atoms with E-state index in [1.165, 1.54) is 7.11 Å². The average molecular weight is 407 g/mol. The monoisotopic (exact) mass is 407 g/mol. The zero-order chi connectivity index (χ0) is 21.7. The molecule has 7 nitrogen and oxygen atoms in total. The largest absolute Gasteiger partial charge is 0.497 e. The Kier molecular flexibility index (Phi) is 6.51. The number of amides is 1. The third-order valence-corrected chi connectivity index (χ3v) is 4.93. The first-order valence-corrected chi connectivity index (χ1v) is 9.60. The van der Waals surface area contributed by atoms with Crippen LogP contribution in [0.1, 0.15) is 33.7 Å².